The van der Waals surface area contributed by atoms with Crippen molar-refractivity contribution < 1.29 is 28.0 Å². The van der Waals surface area contributed by atoms with Crippen LogP contribution in [-0.4, -0.2) is 46.9 Å². The summed E-state index contributed by atoms with van der Waals surface area (Å²) in [5.41, 5.74) is 0.485. The molecule has 2 fully saturated rings. The number of nitro groups is 1. The van der Waals surface area contributed by atoms with Crippen LogP contribution in [0.4, 0.5) is 14.5 Å². The van der Waals surface area contributed by atoms with Crippen molar-refractivity contribution in [3.8, 4) is 16.9 Å². The fourth-order valence-electron chi connectivity index (χ4n) is 5.88. The van der Waals surface area contributed by atoms with Crippen LogP contribution in [0.2, 0.25) is 0 Å². The normalized spacial score (nSPS) is 20.0. The number of hydrogen-bond donors (Lipinski definition) is 1. The van der Waals surface area contributed by atoms with Gasteiger partial charge in [0.15, 0.2) is 0 Å². The van der Waals surface area contributed by atoms with Gasteiger partial charge in [0.05, 0.1) is 41.7 Å². The van der Waals surface area contributed by atoms with Crippen LogP contribution >= 0.6 is 0 Å². The van der Waals surface area contributed by atoms with Crippen LogP contribution in [0.5, 0.6) is 5.75 Å². The molecule has 3 aromatic rings. The minimum atomic E-state index is -0.673. The van der Waals surface area contributed by atoms with E-state index in [-0.39, 0.29) is 35.2 Å². The Morgan fingerprint density at radius 3 is 2.51 bits per heavy atom. The molecule has 39 heavy (non-hydrogen) atoms. The third-order valence-electron chi connectivity index (χ3n) is 7.78. The first-order valence-electron chi connectivity index (χ1n) is 12.7. The maximum atomic E-state index is 15.1. The number of benzene rings is 3. The number of fused-ring (bicyclic) bond motifs is 1. The van der Waals surface area contributed by atoms with Crippen molar-refractivity contribution >= 4 is 17.5 Å². The SMILES string of the molecule is COc1ccc(CC(=O)N[C@@]23CCC[C@@H]2N(C(=O)c2ccc(-c4ccc(F)cc4)cc2F)CC3)c([N+](=O)[O-])c1. The van der Waals surface area contributed by atoms with Gasteiger partial charge in [0, 0.05) is 12.1 Å². The molecular formula is C29H27F2N3O5. The zero-order chi connectivity index (χ0) is 27.7. The molecule has 1 heterocycles. The van der Waals surface area contributed by atoms with Gasteiger partial charge in [0.25, 0.3) is 11.6 Å². The second kappa shape index (κ2) is 10.4. The standard InChI is InChI=1S/C29H27F2N3O5/c1-39-22-10-6-20(25(17-22)34(37)38)16-27(35)32-29-12-2-3-26(29)33(14-13-29)28(36)23-11-7-19(15-24(23)31)18-4-8-21(30)9-5-18/h4-11,15,17,26H,2-3,12-14,16H2,1H3,(H,32,35)/t26-,29+/m0/s1. The van der Waals surface area contributed by atoms with Gasteiger partial charge in [-0.15, -0.1) is 0 Å². The lowest BCUT2D eigenvalue weighted by Gasteiger charge is -2.33. The molecule has 1 aliphatic heterocycles. The quantitative estimate of drug-likeness (QED) is 0.337. The number of hydrogen-bond acceptors (Lipinski definition) is 5. The Bertz CT molecular complexity index is 1450. The van der Waals surface area contributed by atoms with E-state index in [1.54, 1.807) is 29.2 Å². The van der Waals surface area contributed by atoms with Gasteiger partial charge >= 0.3 is 0 Å². The summed E-state index contributed by atoms with van der Waals surface area (Å²) in [5, 5.41) is 14.6. The second-order valence-electron chi connectivity index (χ2n) is 9.99. The number of amides is 2. The molecule has 10 heteroatoms. The molecule has 3 aromatic carbocycles. The van der Waals surface area contributed by atoms with Crippen molar-refractivity contribution in [3.63, 3.8) is 0 Å². The van der Waals surface area contributed by atoms with E-state index in [2.05, 4.69) is 5.32 Å². The number of carbonyl (C=O) groups is 2. The summed E-state index contributed by atoms with van der Waals surface area (Å²) in [7, 11) is 1.41. The Morgan fingerprint density at radius 2 is 1.82 bits per heavy atom. The van der Waals surface area contributed by atoms with E-state index in [0.29, 0.717) is 42.7 Å². The highest BCUT2D eigenvalue weighted by atomic mass is 19.1. The predicted octanol–water partition coefficient (Wildman–Crippen LogP) is 5.04. The summed E-state index contributed by atoms with van der Waals surface area (Å²) in [6, 6.07) is 14.0. The average Bonchev–Trinajstić information content (AvgIpc) is 3.47. The number of ether oxygens (including phenoxy) is 1. The summed E-state index contributed by atoms with van der Waals surface area (Å²) in [6.07, 6.45) is 2.41. The minimum absolute atomic E-state index is 0.0660. The molecule has 202 valence electrons. The van der Waals surface area contributed by atoms with Crippen molar-refractivity contribution in [1.82, 2.24) is 10.2 Å². The van der Waals surface area contributed by atoms with E-state index in [1.807, 2.05) is 0 Å². The Labute approximate surface area is 223 Å². The van der Waals surface area contributed by atoms with Crippen molar-refractivity contribution in [2.75, 3.05) is 13.7 Å². The summed E-state index contributed by atoms with van der Waals surface area (Å²) in [4.78, 5) is 39.1. The molecule has 0 bridgehead atoms. The number of nitro benzene ring substituents is 1. The van der Waals surface area contributed by atoms with Gasteiger partial charge in [0.1, 0.15) is 17.4 Å². The molecule has 0 radical (unpaired) electrons. The van der Waals surface area contributed by atoms with Crippen LogP contribution in [0, 0.1) is 21.7 Å². The fourth-order valence-corrected chi connectivity index (χ4v) is 5.88. The molecule has 5 rings (SSSR count). The van der Waals surface area contributed by atoms with E-state index in [9.17, 15) is 24.1 Å². The largest absolute Gasteiger partial charge is 0.497 e. The summed E-state index contributed by atoms with van der Waals surface area (Å²) < 4.78 is 33.4. The molecule has 1 N–H and O–H groups in total. The Morgan fingerprint density at radius 1 is 1.08 bits per heavy atom. The van der Waals surface area contributed by atoms with Crippen molar-refractivity contribution in [1.29, 1.82) is 0 Å². The van der Waals surface area contributed by atoms with Crippen LogP contribution in [0.25, 0.3) is 11.1 Å². The van der Waals surface area contributed by atoms with Gasteiger partial charge in [-0.3, -0.25) is 19.7 Å². The van der Waals surface area contributed by atoms with Crippen molar-refractivity contribution in [3.05, 3.63) is 93.5 Å². The average molecular weight is 536 g/mol. The van der Waals surface area contributed by atoms with E-state index < -0.39 is 28.0 Å². The number of halogens is 2. The Kier molecular flexibility index (Phi) is 7.03. The van der Waals surface area contributed by atoms with Crippen molar-refractivity contribution in [2.24, 2.45) is 0 Å². The zero-order valence-corrected chi connectivity index (χ0v) is 21.3. The highest BCUT2D eigenvalue weighted by Crippen LogP contribution is 2.42. The van der Waals surface area contributed by atoms with Crippen LogP contribution in [0.1, 0.15) is 41.6 Å². The topological polar surface area (TPSA) is 102 Å². The third kappa shape index (κ3) is 5.06. The lowest BCUT2D eigenvalue weighted by Crippen LogP contribution is -2.54. The molecular weight excluding hydrogens is 508 g/mol. The maximum absolute atomic E-state index is 15.1. The van der Waals surface area contributed by atoms with Gasteiger partial charge in [-0.2, -0.15) is 0 Å². The highest BCUT2D eigenvalue weighted by Gasteiger charge is 2.53. The number of methoxy groups -OCH3 is 1. The van der Waals surface area contributed by atoms with Gasteiger partial charge < -0.3 is 15.0 Å². The predicted molar refractivity (Wildman–Crippen MR) is 139 cm³/mol. The van der Waals surface area contributed by atoms with E-state index in [4.69, 9.17) is 4.74 Å². The van der Waals surface area contributed by atoms with Crippen molar-refractivity contribution in [2.45, 2.75) is 43.7 Å². The van der Waals surface area contributed by atoms with Crippen LogP contribution in [0.15, 0.2) is 60.7 Å². The van der Waals surface area contributed by atoms with E-state index in [0.717, 1.165) is 6.42 Å². The highest BCUT2D eigenvalue weighted by molar-refractivity contribution is 5.96. The number of nitrogens with zero attached hydrogens (tertiary/aromatic N) is 2. The number of rotatable bonds is 7. The maximum Gasteiger partial charge on any atom is 0.276 e. The first-order chi connectivity index (χ1) is 18.7. The first-order valence-corrected chi connectivity index (χ1v) is 12.7. The van der Waals surface area contributed by atoms with Gasteiger partial charge in [0.2, 0.25) is 5.91 Å². The molecule has 0 aromatic heterocycles. The molecule has 0 spiro atoms. The molecule has 2 atom stereocenters. The molecule has 2 aliphatic rings. The molecule has 1 aliphatic carbocycles. The number of carbonyl (C=O) groups excluding carboxylic acids is 2. The molecule has 8 nitrogen and oxygen atoms in total. The smallest absolute Gasteiger partial charge is 0.276 e. The minimum Gasteiger partial charge on any atom is -0.497 e. The number of likely N-dealkylation sites (tertiary alicyclic amines) is 1. The van der Waals surface area contributed by atoms with E-state index >= 15 is 4.39 Å². The third-order valence-corrected chi connectivity index (χ3v) is 7.78. The van der Waals surface area contributed by atoms with Gasteiger partial charge in [-0.25, -0.2) is 8.78 Å². The van der Waals surface area contributed by atoms with E-state index in [1.165, 1.54) is 43.5 Å². The van der Waals surface area contributed by atoms with Crippen LogP contribution in [0.3, 0.4) is 0 Å². The van der Waals surface area contributed by atoms with Gasteiger partial charge in [-0.05, 0) is 73.2 Å². The monoisotopic (exact) mass is 535 g/mol. The van der Waals surface area contributed by atoms with Crippen LogP contribution < -0.4 is 10.1 Å². The number of nitrogens with one attached hydrogen (secondary N) is 1. The molecule has 1 saturated carbocycles. The molecule has 0 unspecified atom stereocenters. The first kappa shape index (κ1) is 26.3. The summed E-state index contributed by atoms with van der Waals surface area (Å²) in [5.74, 6) is -1.57. The summed E-state index contributed by atoms with van der Waals surface area (Å²) in [6.45, 7) is 0.353. The lowest BCUT2D eigenvalue weighted by molar-refractivity contribution is -0.385. The Hall–Kier alpha value is -4.34. The molecule has 2 amide bonds. The fraction of sp³-hybridized carbons (Fsp3) is 0.310. The molecule has 1 saturated heterocycles. The van der Waals surface area contributed by atoms with Gasteiger partial charge in [-0.1, -0.05) is 18.2 Å². The summed E-state index contributed by atoms with van der Waals surface area (Å²) >= 11 is 0. The lowest BCUT2D eigenvalue weighted by atomic mass is 9.92. The Balaban J connectivity index is 1.31. The zero-order valence-electron chi connectivity index (χ0n) is 21.3. The van der Waals surface area contributed by atoms with Crippen LogP contribution in [-0.2, 0) is 11.2 Å². The second-order valence-corrected chi connectivity index (χ2v) is 9.99.